The molecule has 4 heterocycles. The molecule has 0 saturated heterocycles. The highest BCUT2D eigenvalue weighted by atomic mass is 35.5. The van der Waals surface area contributed by atoms with Crippen molar-refractivity contribution in [3.8, 4) is 28.1 Å². The molecule has 2 N–H and O–H groups in total. The van der Waals surface area contributed by atoms with Gasteiger partial charge in [0.1, 0.15) is 12.2 Å². The molecule has 0 aliphatic carbocycles. The lowest BCUT2D eigenvalue weighted by molar-refractivity contribution is -0.0598. The molecule has 0 radical (unpaired) electrons. The Hall–Kier alpha value is -4.81. The summed E-state index contributed by atoms with van der Waals surface area (Å²) in [7, 11) is 2.94. The van der Waals surface area contributed by atoms with Crippen LogP contribution in [0.4, 0.5) is 10.5 Å². The Balaban J connectivity index is 1.27. The predicted molar refractivity (Wildman–Crippen MR) is 148 cm³/mol. The molecule has 0 fully saturated rings. The van der Waals surface area contributed by atoms with E-state index in [0.717, 1.165) is 51.7 Å². The van der Waals surface area contributed by atoms with Gasteiger partial charge in [-0.25, -0.2) is 14.8 Å². The molecule has 5 aromatic rings. The first-order chi connectivity index (χ1) is 19.4. The van der Waals surface area contributed by atoms with E-state index in [1.54, 1.807) is 39.7 Å². The summed E-state index contributed by atoms with van der Waals surface area (Å²) in [4.78, 5) is 38.3. The summed E-state index contributed by atoms with van der Waals surface area (Å²) >= 11 is 6.31. The number of halogens is 1. The van der Waals surface area contributed by atoms with Gasteiger partial charge in [0.2, 0.25) is 0 Å². The van der Waals surface area contributed by atoms with Crippen LogP contribution in [0.2, 0.25) is 5.02 Å². The first kappa shape index (κ1) is 25.5. The molecule has 0 saturated carbocycles. The normalized spacial score (nSPS) is 14.2. The lowest BCUT2D eigenvalue weighted by Crippen LogP contribution is -2.30. The zero-order chi connectivity index (χ0) is 27.8. The zero-order valence-corrected chi connectivity index (χ0v) is 22.3. The minimum atomic E-state index is -0.380. The van der Waals surface area contributed by atoms with E-state index in [1.807, 2.05) is 30.3 Å². The molecule has 202 valence electrons. The first-order valence-corrected chi connectivity index (χ1v) is 12.8. The van der Waals surface area contributed by atoms with Gasteiger partial charge in [0, 0.05) is 35.1 Å². The maximum atomic E-state index is 13.4. The average molecular weight is 558 g/mol. The van der Waals surface area contributed by atoms with E-state index in [0.29, 0.717) is 16.5 Å². The van der Waals surface area contributed by atoms with Crippen molar-refractivity contribution in [3.63, 3.8) is 0 Å². The van der Waals surface area contributed by atoms with Gasteiger partial charge in [-0.15, -0.1) is 5.10 Å². The molecule has 3 aromatic heterocycles. The van der Waals surface area contributed by atoms with Gasteiger partial charge in [-0.2, -0.15) is 4.68 Å². The Kier molecular flexibility index (Phi) is 6.62. The number of aromatic nitrogens is 7. The van der Waals surface area contributed by atoms with Crippen LogP contribution in [0.15, 0.2) is 71.9 Å². The minimum absolute atomic E-state index is 0.128. The number of tetrazole rings is 1. The second-order valence-corrected chi connectivity index (χ2v) is 9.72. The number of benzene rings is 2. The minimum Gasteiger partial charge on any atom is -0.340 e. The van der Waals surface area contributed by atoms with E-state index in [-0.39, 0.29) is 17.6 Å². The third kappa shape index (κ3) is 4.74. The van der Waals surface area contributed by atoms with Crippen LogP contribution in [0.5, 0.6) is 0 Å². The second kappa shape index (κ2) is 10.4. The van der Waals surface area contributed by atoms with Crippen molar-refractivity contribution in [2.75, 3.05) is 19.5 Å². The van der Waals surface area contributed by atoms with Crippen molar-refractivity contribution in [1.82, 2.24) is 39.8 Å². The van der Waals surface area contributed by atoms with Crippen molar-refractivity contribution in [2.24, 2.45) is 0 Å². The standard InChI is InChI=1S/C27H24ClN9O3/c1-35(40-2)27(39)31-19-6-3-16(4-7-19)22-14-29-26(32-22)24-10-8-20-11-17(12-25(38)37(20)24)21-13-18(28)5-9-23(21)36-15-30-33-34-36/h3-7,9,11-15,24H,8,10H2,1-2H3,(H,29,32)(H,31,39)/t24-/m0/s1. The van der Waals surface area contributed by atoms with Crippen molar-refractivity contribution in [1.29, 1.82) is 0 Å². The summed E-state index contributed by atoms with van der Waals surface area (Å²) in [5.41, 5.74) is 5.35. The van der Waals surface area contributed by atoms with Gasteiger partial charge < -0.3 is 14.9 Å². The first-order valence-electron chi connectivity index (χ1n) is 12.4. The SMILES string of the molecule is CON(C)C(=O)Nc1ccc(-c2cnc([C@@H]3CCc4cc(-c5cc(Cl)ccc5-n5cnnn5)cc(=O)n43)[nH]2)cc1. The van der Waals surface area contributed by atoms with Crippen LogP contribution in [0.3, 0.4) is 0 Å². The molecule has 0 bridgehead atoms. The molecule has 12 nitrogen and oxygen atoms in total. The van der Waals surface area contributed by atoms with E-state index in [4.69, 9.17) is 16.4 Å². The molecule has 6 rings (SSSR count). The highest BCUT2D eigenvalue weighted by molar-refractivity contribution is 6.31. The summed E-state index contributed by atoms with van der Waals surface area (Å²) in [6.07, 6.45) is 4.71. The van der Waals surface area contributed by atoms with E-state index in [2.05, 4.69) is 30.8 Å². The number of fused-ring (bicyclic) bond motifs is 1. The van der Waals surface area contributed by atoms with E-state index >= 15 is 0 Å². The summed E-state index contributed by atoms with van der Waals surface area (Å²) in [6.45, 7) is 0. The summed E-state index contributed by atoms with van der Waals surface area (Å²) in [5, 5.41) is 15.8. The number of imidazole rings is 1. The van der Waals surface area contributed by atoms with Gasteiger partial charge in [0.05, 0.1) is 30.7 Å². The van der Waals surface area contributed by atoms with Crippen molar-refractivity contribution >= 4 is 23.3 Å². The Morgan fingerprint density at radius 3 is 2.73 bits per heavy atom. The number of nitrogens with zero attached hydrogens (tertiary/aromatic N) is 7. The monoisotopic (exact) mass is 557 g/mol. The molecule has 1 aliphatic heterocycles. The number of anilines is 1. The number of hydroxylamine groups is 2. The second-order valence-electron chi connectivity index (χ2n) is 9.28. The van der Waals surface area contributed by atoms with Crippen LogP contribution in [-0.2, 0) is 11.3 Å². The number of nitrogens with one attached hydrogen (secondary N) is 2. The average Bonchev–Trinajstić information content (AvgIpc) is 3.74. The fourth-order valence-electron chi connectivity index (χ4n) is 4.89. The molecule has 0 spiro atoms. The maximum absolute atomic E-state index is 13.4. The highest BCUT2D eigenvalue weighted by Crippen LogP contribution is 2.34. The number of carbonyl (C=O) groups is 1. The number of hydrogen-bond acceptors (Lipinski definition) is 7. The molecule has 1 aliphatic rings. The molecule has 1 atom stereocenters. The van der Waals surface area contributed by atoms with Crippen LogP contribution < -0.4 is 10.9 Å². The molecular formula is C27H24ClN9O3. The fraction of sp³-hybridized carbons (Fsp3) is 0.185. The smallest absolute Gasteiger partial charge is 0.340 e. The quantitative estimate of drug-likeness (QED) is 0.300. The Morgan fingerprint density at radius 2 is 1.98 bits per heavy atom. The summed E-state index contributed by atoms with van der Waals surface area (Å²) in [5.74, 6) is 0.708. The van der Waals surface area contributed by atoms with Gasteiger partial charge in [-0.3, -0.25) is 9.63 Å². The van der Waals surface area contributed by atoms with Crippen LogP contribution in [0.25, 0.3) is 28.1 Å². The van der Waals surface area contributed by atoms with Gasteiger partial charge in [-0.1, -0.05) is 23.7 Å². The van der Waals surface area contributed by atoms with Crippen LogP contribution >= 0.6 is 11.6 Å². The number of urea groups is 1. The third-order valence-electron chi connectivity index (χ3n) is 6.92. The van der Waals surface area contributed by atoms with Crippen molar-refractivity contribution in [3.05, 3.63) is 94.0 Å². The van der Waals surface area contributed by atoms with Gasteiger partial charge in [0.15, 0.2) is 0 Å². The fourth-order valence-corrected chi connectivity index (χ4v) is 5.06. The van der Waals surface area contributed by atoms with Crippen LogP contribution in [0, 0.1) is 0 Å². The number of aryl methyl sites for hydroxylation is 1. The molecule has 2 aromatic carbocycles. The number of pyridine rings is 1. The lowest BCUT2D eigenvalue weighted by atomic mass is 10.0. The van der Waals surface area contributed by atoms with Gasteiger partial charge >= 0.3 is 6.03 Å². The number of amides is 2. The summed E-state index contributed by atoms with van der Waals surface area (Å²) < 4.78 is 3.33. The van der Waals surface area contributed by atoms with Crippen LogP contribution in [-0.4, -0.2) is 60.0 Å². The molecule has 2 amide bonds. The van der Waals surface area contributed by atoms with Crippen LogP contribution in [0.1, 0.15) is 24.0 Å². The predicted octanol–water partition coefficient (Wildman–Crippen LogP) is 4.10. The topological polar surface area (TPSA) is 136 Å². The number of hydrogen-bond donors (Lipinski definition) is 2. The van der Waals surface area contributed by atoms with Gasteiger partial charge in [0.25, 0.3) is 5.56 Å². The molecule has 13 heteroatoms. The Labute approximate surface area is 233 Å². The Bertz CT molecular complexity index is 1750. The van der Waals surface area contributed by atoms with E-state index in [1.165, 1.54) is 20.5 Å². The highest BCUT2D eigenvalue weighted by Gasteiger charge is 2.28. The Morgan fingerprint density at radius 1 is 1.15 bits per heavy atom. The van der Waals surface area contributed by atoms with Crippen molar-refractivity contribution < 1.29 is 9.63 Å². The molecule has 0 unspecified atom stereocenters. The number of H-pyrrole nitrogens is 1. The summed E-state index contributed by atoms with van der Waals surface area (Å²) in [6, 6.07) is 15.8. The van der Waals surface area contributed by atoms with E-state index in [9.17, 15) is 9.59 Å². The lowest BCUT2D eigenvalue weighted by Gasteiger charge is -2.15. The van der Waals surface area contributed by atoms with E-state index < -0.39 is 0 Å². The number of carbonyl (C=O) groups excluding carboxylic acids is 1. The third-order valence-corrected chi connectivity index (χ3v) is 7.15. The zero-order valence-electron chi connectivity index (χ0n) is 21.6. The maximum Gasteiger partial charge on any atom is 0.345 e. The molecular weight excluding hydrogens is 534 g/mol. The largest absolute Gasteiger partial charge is 0.345 e. The molecule has 40 heavy (non-hydrogen) atoms. The number of aromatic amines is 1. The van der Waals surface area contributed by atoms with Crippen molar-refractivity contribution in [2.45, 2.75) is 18.9 Å². The number of rotatable bonds is 6. The van der Waals surface area contributed by atoms with Gasteiger partial charge in [-0.05, 0) is 70.8 Å².